The number of hydrazine groups is 1. The van der Waals surface area contributed by atoms with Crippen molar-refractivity contribution in [3.63, 3.8) is 0 Å². The first kappa shape index (κ1) is 13.1. The van der Waals surface area contributed by atoms with Crippen LogP contribution in [-0.2, 0) is 6.42 Å². The molecule has 0 spiro atoms. The Labute approximate surface area is 114 Å². The number of rotatable bonds is 5. The number of nitrogens with one attached hydrogen (secondary N) is 1. The smallest absolute Gasteiger partial charge is 0.0590 e. The number of nitrogens with two attached hydrogens (primary N) is 1. The molecule has 1 unspecified atom stereocenters. The van der Waals surface area contributed by atoms with Gasteiger partial charge in [0.25, 0.3) is 0 Å². The van der Waals surface area contributed by atoms with Gasteiger partial charge >= 0.3 is 0 Å². The second kappa shape index (κ2) is 5.98. The molecule has 0 fully saturated rings. The summed E-state index contributed by atoms with van der Waals surface area (Å²) in [5.41, 5.74) is 3.99. The molecule has 0 aromatic carbocycles. The SMILES string of the molecule is Cc1csc(C(CCc2cccs2)NN)c1Cl. The van der Waals surface area contributed by atoms with Crippen molar-refractivity contribution in [1.29, 1.82) is 0 Å². The van der Waals surface area contributed by atoms with E-state index in [2.05, 4.69) is 28.3 Å². The van der Waals surface area contributed by atoms with E-state index in [4.69, 9.17) is 17.4 Å². The highest BCUT2D eigenvalue weighted by molar-refractivity contribution is 7.11. The number of hydrogen-bond donors (Lipinski definition) is 2. The number of halogens is 1. The monoisotopic (exact) mass is 286 g/mol. The lowest BCUT2D eigenvalue weighted by atomic mass is 10.1. The van der Waals surface area contributed by atoms with E-state index in [1.54, 1.807) is 22.7 Å². The summed E-state index contributed by atoms with van der Waals surface area (Å²) in [5, 5.41) is 5.03. The van der Waals surface area contributed by atoms with Gasteiger partial charge in [0.1, 0.15) is 0 Å². The fourth-order valence-electron chi connectivity index (χ4n) is 1.72. The van der Waals surface area contributed by atoms with Crippen LogP contribution in [0.25, 0.3) is 0 Å². The van der Waals surface area contributed by atoms with Gasteiger partial charge < -0.3 is 0 Å². The van der Waals surface area contributed by atoms with Gasteiger partial charge in [-0.15, -0.1) is 22.7 Å². The Kier molecular flexibility index (Phi) is 4.59. The van der Waals surface area contributed by atoms with Gasteiger partial charge in [-0.3, -0.25) is 11.3 Å². The van der Waals surface area contributed by atoms with E-state index in [1.165, 1.54) is 4.88 Å². The van der Waals surface area contributed by atoms with Crippen LogP contribution < -0.4 is 11.3 Å². The molecule has 2 nitrogen and oxygen atoms in total. The van der Waals surface area contributed by atoms with Crippen LogP contribution in [0.2, 0.25) is 5.02 Å². The first-order chi connectivity index (χ1) is 8.22. The van der Waals surface area contributed by atoms with Crippen LogP contribution in [-0.4, -0.2) is 0 Å². The third-order valence-corrected chi connectivity index (χ3v) is 5.47. The summed E-state index contributed by atoms with van der Waals surface area (Å²) in [6.07, 6.45) is 2.00. The molecule has 0 bridgehead atoms. The zero-order valence-electron chi connectivity index (χ0n) is 9.57. The summed E-state index contributed by atoms with van der Waals surface area (Å²) in [6.45, 7) is 2.02. The van der Waals surface area contributed by atoms with Crippen molar-refractivity contribution >= 4 is 34.3 Å². The van der Waals surface area contributed by atoms with Crippen molar-refractivity contribution in [1.82, 2.24) is 5.43 Å². The van der Waals surface area contributed by atoms with Crippen LogP contribution in [0, 0.1) is 6.92 Å². The second-order valence-electron chi connectivity index (χ2n) is 3.93. The summed E-state index contributed by atoms with van der Waals surface area (Å²) in [5.74, 6) is 5.62. The molecule has 2 aromatic heterocycles. The lowest BCUT2D eigenvalue weighted by Crippen LogP contribution is -2.27. The molecule has 0 aliphatic heterocycles. The minimum absolute atomic E-state index is 0.142. The largest absolute Gasteiger partial charge is 0.271 e. The zero-order chi connectivity index (χ0) is 12.3. The van der Waals surface area contributed by atoms with Crippen molar-refractivity contribution in [2.75, 3.05) is 0 Å². The summed E-state index contributed by atoms with van der Waals surface area (Å²) in [4.78, 5) is 2.53. The Hall–Kier alpha value is -0.390. The molecule has 0 amide bonds. The molecule has 2 aromatic rings. The van der Waals surface area contributed by atoms with E-state index in [9.17, 15) is 0 Å². The minimum Gasteiger partial charge on any atom is -0.271 e. The third-order valence-electron chi connectivity index (χ3n) is 2.70. The summed E-state index contributed by atoms with van der Waals surface area (Å²) in [6, 6.07) is 4.37. The normalized spacial score (nSPS) is 12.9. The number of aryl methyl sites for hydroxylation is 2. The van der Waals surface area contributed by atoms with Crippen LogP contribution in [0.5, 0.6) is 0 Å². The maximum Gasteiger partial charge on any atom is 0.0590 e. The molecule has 92 valence electrons. The maximum atomic E-state index is 6.26. The van der Waals surface area contributed by atoms with E-state index < -0.39 is 0 Å². The molecule has 5 heteroatoms. The van der Waals surface area contributed by atoms with Crippen molar-refractivity contribution in [2.24, 2.45) is 5.84 Å². The average molecular weight is 287 g/mol. The second-order valence-corrected chi connectivity index (χ2v) is 6.26. The van der Waals surface area contributed by atoms with Crippen LogP contribution in [0.1, 0.15) is 27.8 Å². The van der Waals surface area contributed by atoms with Crippen molar-refractivity contribution in [3.05, 3.63) is 43.2 Å². The van der Waals surface area contributed by atoms with Gasteiger partial charge in [0.15, 0.2) is 0 Å². The first-order valence-corrected chi connectivity index (χ1v) is 7.58. The molecule has 0 aliphatic carbocycles. The fraction of sp³-hybridized carbons (Fsp3) is 0.333. The van der Waals surface area contributed by atoms with Crippen LogP contribution in [0.3, 0.4) is 0 Å². The Morgan fingerprint density at radius 3 is 2.82 bits per heavy atom. The van der Waals surface area contributed by atoms with Gasteiger partial charge in [-0.05, 0) is 42.2 Å². The quantitative estimate of drug-likeness (QED) is 0.646. The van der Waals surface area contributed by atoms with Gasteiger partial charge in [-0.25, -0.2) is 0 Å². The molecule has 0 aliphatic rings. The molecular weight excluding hydrogens is 272 g/mol. The average Bonchev–Trinajstić information content (AvgIpc) is 2.94. The highest BCUT2D eigenvalue weighted by Crippen LogP contribution is 2.34. The van der Waals surface area contributed by atoms with E-state index in [0.29, 0.717) is 0 Å². The molecule has 1 atom stereocenters. The highest BCUT2D eigenvalue weighted by atomic mass is 35.5. The van der Waals surface area contributed by atoms with Crippen LogP contribution in [0.15, 0.2) is 22.9 Å². The Balaban J connectivity index is 2.04. The molecular formula is C12H15ClN2S2. The highest BCUT2D eigenvalue weighted by Gasteiger charge is 2.16. The van der Waals surface area contributed by atoms with Crippen molar-refractivity contribution in [3.8, 4) is 0 Å². The molecule has 2 heterocycles. The lowest BCUT2D eigenvalue weighted by Gasteiger charge is -2.14. The summed E-state index contributed by atoms with van der Waals surface area (Å²) < 4.78 is 0. The van der Waals surface area contributed by atoms with Gasteiger partial charge in [0.2, 0.25) is 0 Å². The van der Waals surface area contributed by atoms with Crippen molar-refractivity contribution in [2.45, 2.75) is 25.8 Å². The summed E-state index contributed by atoms with van der Waals surface area (Å²) in [7, 11) is 0. The number of thiophene rings is 2. The third kappa shape index (κ3) is 3.09. The van der Waals surface area contributed by atoms with E-state index >= 15 is 0 Å². The van der Waals surface area contributed by atoms with Crippen LogP contribution >= 0.6 is 34.3 Å². The minimum atomic E-state index is 0.142. The Bertz CT molecular complexity index is 465. The van der Waals surface area contributed by atoms with Gasteiger partial charge in [-0.1, -0.05) is 17.7 Å². The standard InChI is InChI=1S/C12H15ClN2S2/c1-8-7-17-12(11(8)13)10(15-14)5-4-9-3-2-6-16-9/h2-3,6-7,10,15H,4-5,14H2,1H3. The Morgan fingerprint density at radius 2 is 2.29 bits per heavy atom. The summed E-state index contributed by atoms with van der Waals surface area (Å²) >= 11 is 9.72. The zero-order valence-corrected chi connectivity index (χ0v) is 12.0. The first-order valence-electron chi connectivity index (χ1n) is 5.44. The van der Waals surface area contributed by atoms with Crippen LogP contribution in [0.4, 0.5) is 0 Å². The van der Waals surface area contributed by atoms with E-state index in [-0.39, 0.29) is 6.04 Å². The van der Waals surface area contributed by atoms with Gasteiger partial charge in [0, 0.05) is 9.75 Å². The molecule has 17 heavy (non-hydrogen) atoms. The van der Waals surface area contributed by atoms with E-state index in [0.717, 1.165) is 28.3 Å². The molecule has 2 rings (SSSR count). The predicted octanol–water partition coefficient (Wildman–Crippen LogP) is 3.91. The molecule has 0 radical (unpaired) electrons. The maximum absolute atomic E-state index is 6.26. The lowest BCUT2D eigenvalue weighted by molar-refractivity contribution is 0.526. The van der Waals surface area contributed by atoms with Gasteiger partial charge in [0.05, 0.1) is 11.1 Å². The van der Waals surface area contributed by atoms with E-state index in [1.807, 2.05) is 6.92 Å². The predicted molar refractivity (Wildman–Crippen MR) is 76.8 cm³/mol. The molecule has 0 saturated carbocycles. The number of hydrogen-bond acceptors (Lipinski definition) is 4. The fourth-order valence-corrected chi connectivity index (χ4v) is 3.86. The molecule has 3 N–H and O–H groups in total. The van der Waals surface area contributed by atoms with Crippen molar-refractivity contribution < 1.29 is 0 Å². The topological polar surface area (TPSA) is 38.0 Å². The van der Waals surface area contributed by atoms with Gasteiger partial charge in [-0.2, -0.15) is 0 Å². The molecule has 0 saturated heterocycles. The Morgan fingerprint density at radius 1 is 1.47 bits per heavy atom.